The Kier molecular flexibility index (Phi) is 7.25. The van der Waals surface area contributed by atoms with Crippen molar-refractivity contribution in [1.82, 2.24) is 9.88 Å². The van der Waals surface area contributed by atoms with Crippen molar-refractivity contribution in [3.8, 4) is 5.75 Å². The maximum atomic E-state index is 12.8. The number of alkyl halides is 3. The number of hydrogen-bond donors (Lipinski definition) is 0. The molecule has 34 heavy (non-hydrogen) atoms. The molecule has 1 aromatic heterocycles. The van der Waals surface area contributed by atoms with Crippen molar-refractivity contribution in [1.29, 1.82) is 0 Å². The summed E-state index contributed by atoms with van der Waals surface area (Å²) in [5.74, 6) is -0.317. The Bertz CT molecular complexity index is 1180. The van der Waals surface area contributed by atoms with Gasteiger partial charge in [-0.05, 0) is 43.3 Å². The van der Waals surface area contributed by atoms with Crippen LogP contribution in [0.15, 0.2) is 48.5 Å². The number of ketones is 1. The third-order valence-electron chi connectivity index (χ3n) is 5.55. The first-order chi connectivity index (χ1) is 16.2. The van der Waals surface area contributed by atoms with Crippen LogP contribution in [0, 0.1) is 0 Å². The van der Waals surface area contributed by atoms with Crippen molar-refractivity contribution in [3.05, 3.63) is 59.1 Å². The van der Waals surface area contributed by atoms with Crippen LogP contribution in [0.25, 0.3) is 10.9 Å². The second kappa shape index (κ2) is 10.2. The predicted octanol–water partition coefficient (Wildman–Crippen LogP) is 5.46. The Hall–Kier alpha value is -2.88. The number of rotatable bonds is 7. The monoisotopic (exact) mass is 493 g/mol. The number of halogens is 4. The van der Waals surface area contributed by atoms with Crippen LogP contribution >= 0.6 is 11.6 Å². The van der Waals surface area contributed by atoms with Crippen LogP contribution in [0.3, 0.4) is 0 Å². The van der Waals surface area contributed by atoms with Crippen LogP contribution in [0.2, 0.25) is 5.02 Å². The van der Waals surface area contributed by atoms with E-state index >= 15 is 0 Å². The second-order valence-electron chi connectivity index (χ2n) is 7.87. The Morgan fingerprint density at radius 2 is 1.94 bits per heavy atom. The number of carbonyl (C=O) groups excluding carboxylic acids is 1. The molecule has 1 aliphatic rings. The summed E-state index contributed by atoms with van der Waals surface area (Å²) in [6.45, 7) is 5.19. The first-order valence-electron chi connectivity index (χ1n) is 10.7. The molecule has 0 saturated carbocycles. The van der Waals surface area contributed by atoms with Crippen molar-refractivity contribution in [2.75, 3.05) is 44.3 Å². The lowest BCUT2D eigenvalue weighted by atomic mass is 10.1. The summed E-state index contributed by atoms with van der Waals surface area (Å²) in [6.07, 6.45) is -4.86. The van der Waals surface area contributed by atoms with E-state index in [0.29, 0.717) is 48.3 Å². The van der Waals surface area contributed by atoms with Crippen LogP contribution < -0.4 is 9.64 Å². The van der Waals surface area contributed by atoms with Crippen molar-refractivity contribution >= 4 is 39.8 Å². The first-order valence-corrected chi connectivity index (χ1v) is 11.1. The molecule has 10 heteroatoms. The molecule has 3 aromatic rings. The van der Waals surface area contributed by atoms with Gasteiger partial charge in [0.05, 0.1) is 29.4 Å². The number of carbonyl (C=O) groups is 1. The molecule has 0 atom stereocenters. The zero-order valence-electron chi connectivity index (χ0n) is 18.4. The van der Waals surface area contributed by atoms with Crippen molar-refractivity contribution in [3.63, 3.8) is 0 Å². The number of aromatic nitrogens is 1. The highest BCUT2D eigenvalue weighted by Crippen LogP contribution is 2.34. The minimum Gasteiger partial charge on any atom is -0.406 e. The molecular weight excluding hydrogens is 471 g/mol. The van der Waals surface area contributed by atoms with E-state index in [0.717, 1.165) is 24.5 Å². The molecule has 0 bridgehead atoms. The molecular formula is C24H23ClF3N3O3. The van der Waals surface area contributed by atoms with E-state index in [1.54, 1.807) is 6.07 Å². The molecule has 1 saturated heterocycles. The summed E-state index contributed by atoms with van der Waals surface area (Å²) >= 11 is 6.36. The number of anilines is 2. The fourth-order valence-electron chi connectivity index (χ4n) is 3.91. The fraction of sp³-hybridized carbons (Fsp3) is 0.333. The Morgan fingerprint density at radius 3 is 2.65 bits per heavy atom. The lowest BCUT2D eigenvalue weighted by molar-refractivity contribution is -0.274. The smallest absolute Gasteiger partial charge is 0.406 e. The Balaban J connectivity index is 1.76. The number of Topliss-reactive ketones (excluding diaryl/α,β-unsaturated/α-hetero) is 1. The van der Waals surface area contributed by atoms with Gasteiger partial charge in [0.1, 0.15) is 11.6 Å². The average Bonchev–Trinajstić information content (AvgIpc) is 2.80. The van der Waals surface area contributed by atoms with Gasteiger partial charge in [-0.25, -0.2) is 4.98 Å². The van der Waals surface area contributed by atoms with E-state index < -0.39 is 17.9 Å². The summed E-state index contributed by atoms with van der Waals surface area (Å²) < 4.78 is 47.7. The summed E-state index contributed by atoms with van der Waals surface area (Å²) in [5.41, 5.74) is 1.14. The van der Waals surface area contributed by atoms with E-state index in [1.165, 1.54) is 19.1 Å². The van der Waals surface area contributed by atoms with E-state index in [1.807, 2.05) is 29.2 Å². The molecule has 0 amide bonds. The largest absolute Gasteiger partial charge is 0.573 e. The van der Waals surface area contributed by atoms with Crippen LogP contribution in [0.5, 0.6) is 5.75 Å². The molecule has 6 nitrogen and oxygen atoms in total. The second-order valence-corrected chi connectivity index (χ2v) is 8.28. The van der Waals surface area contributed by atoms with Gasteiger partial charge >= 0.3 is 6.36 Å². The van der Waals surface area contributed by atoms with Crippen molar-refractivity contribution in [2.45, 2.75) is 13.3 Å². The summed E-state index contributed by atoms with van der Waals surface area (Å²) in [7, 11) is 0. The van der Waals surface area contributed by atoms with Gasteiger partial charge in [0.15, 0.2) is 5.78 Å². The molecule has 0 N–H and O–H groups in total. The lowest BCUT2D eigenvalue weighted by Crippen LogP contribution is -2.40. The number of hydrogen-bond acceptors (Lipinski definition) is 6. The maximum Gasteiger partial charge on any atom is 0.573 e. The average molecular weight is 494 g/mol. The molecule has 2 aromatic carbocycles. The maximum absolute atomic E-state index is 12.8. The highest BCUT2D eigenvalue weighted by Gasteiger charge is 2.32. The van der Waals surface area contributed by atoms with Gasteiger partial charge < -0.3 is 14.4 Å². The highest BCUT2D eigenvalue weighted by molar-refractivity contribution is 6.35. The van der Waals surface area contributed by atoms with Crippen molar-refractivity contribution < 1.29 is 27.4 Å². The summed E-state index contributed by atoms with van der Waals surface area (Å²) in [6, 6.07) is 12.9. The highest BCUT2D eigenvalue weighted by atomic mass is 35.5. The van der Waals surface area contributed by atoms with Crippen LogP contribution in [0.4, 0.5) is 24.7 Å². The topological polar surface area (TPSA) is 54.9 Å². The predicted molar refractivity (Wildman–Crippen MR) is 124 cm³/mol. The quantitative estimate of drug-likeness (QED) is 0.407. The SMILES string of the molecule is CC(=O)c1cc(OC(F)(F)F)ccc1N(CCN1CCOCC1)c1ccc2cccc(Cl)c2n1. The minimum absolute atomic E-state index is 0.102. The zero-order chi connectivity index (χ0) is 24.3. The first kappa shape index (κ1) is 24.3. The molecule has 180 valence electrons. The molecule has 2 heterocycles. The summed E-state index contributed by atoms with van der Waals surface area (Å²) in [4.78, 5) is 21.2. The number of benzene rings is 2. The standard InChI is InChI=1S/C24H23ClF3N3O3/c1-16(32)19-15-18(34-24(26,27)28)6-7-21(19)31(10-9-30-11-13-33-14-12-30)22-8-5-17-3-2-4-20(25)23(17)29-22/h2-8,15H,9-14H2,1H3. The number of morpholine rings is 1. The van der Waals surface area contributed by atoms with Gasteiger partial charge in [0.2, 0.25) is 0 Å². The number of nitrogens with zero attached hydrogens (tertiary/aromatic N) is 3. The summed E-state index contributed by atoms with van der Waals surface area (Å²) in [5, 5.41) is 1.33. The fourth-order valence-corrected chi connectivity index (χ4v) is 4.13. The minimum atomic E-state index is -4.86. The number of ether oxygens (including phenoxy) is 2. The normalized spacial score (nSPS) is 14.9. The Labute approximate surface area is 199 Å². The third kappa shape index (κ3) is 5.78. The molecule has 0 radical (unpaired) electrons. The van der Waals surface area contributed by atoms with Crippen LogP contribution in [-0.4, -0.2) is 61.4 Å². The molecule has 0 spiro atoms. The van der Waals surface area contributed by atoms with E-state index in [2.05, 4.69) is 9.64 Å². The number of fused-ring (bicyclic) bond motifs is 1. The van der Waals surface area contributed by atoms with Gasteiger partial charge in [-0.1, -0.05) is 23.7 Å². The molecule has 0 aliphatic carbocycles. The van der Waals surface area contributed by atoms with Crippen molar-refractivity contribution in [2.24, 2.45) is 0 Å². The molecule has 1 aliphatic heterocycles. The van der Waals surface area contributed by atoms with E-state index in [4.69, 9.17) is 21.3 Å². The van der Waals surface area contributed by atoms with Gasteiger partial charge in [-0.2, -0.15) is 0 Å². The molecule has 1 fully saturated rings. The third-order valence-corrected chi connectivity index (χ3v) is 5.85. The van der Waals surface area contributed by atoms with Gasteiger partial charge in [0.25, 0.3) is 0 Å². The van der Waals surface area contributed by atoms with Gasteiger partial charge in [-0.3, -0.25) is 9.69 Å². The lowest BCUT2D eigenvalue weighted by Gasteiger charge is -2.31. The van der Waals surface area contributed by atoms with Gasteiger partial charge in [0, 0.05) is 37.1 Å². The van der Waals surface area contributed by atoms with Crippen LogP contribution in [0.1, 0.15) is 17.3 Å². The molecule has 0 unspecified atom stereocenters. The zero-order valence-corrected chi connectivity index (χ0v) is 19.2. The van der Waals surface area contributed by atoms with E-state index in [-0.39, 0.29) is 5.56 Å². The number of para-hydroxylation sites is 1. The van der Waals surface area contributed by atoms with E-state index in [9.17, 15) is 18.0 Å². The van der Waals surface area contributed by atoms with Crippen LogP contribution in [-0.2, 0) is 4.74 Å². The molecule has 4 rings (SSSR count). The number of pyridine rings is 1. The van der Waals surface area contributed by atoms with Gasteiger partial charge in [-0.15, -0.1) is 13.2 Å². The Morgan fingerprint density at radius 1 is 1.18 bits per heavy atom.